The van der Waals surface area contributed by atoms with Gasteiger partial charge in [0.05, 0.1) is 0 Å². The number of rotatable bonds is 3. The third-order valence-electron chi connectivity index (χ3n) is 4.64. The average Bonchev–Trinajstić information content (AvgIpc) is 2.50. The highest BCUT2D eigenvalue weighted by atomic mass is 15.2. The van der Waals surface area contributed by atoms with Crippen LogP contribution >= 0.6 is 0 Å². The molecule has 1 nitrogen and oxygen atoms in total. The van der Waals surface area contributed by atoms with Gasteiger partial charge in [0.2, 0.25) is 0 Å². The van der Waals surface area contributed by atoms with Crippen molar-refractivity contribution in [3.8, 4) is 0 Å². The summed E-state index contributed by atoms with van der Waals surface area (Å²) in [5.74, 6) is 1.04. The Morgan fingerprint density at radius 1 is 1.14 bits per heavy atom. The molecule has 0 spiro atoms. The maximum atomic E-state index is 2.80. The Bertz CT molecular complexity index is 193. The van der Waals surface area contributed by atoms with E-state index in [1.807, 2.05) is 0 Å². The standard InChI is InChI=1S/C13H25N/c1-4-13(2,3)14-10-6-9-12(14)11-7-5-8-11/h11-12H,4-10H2,1-3H3. The second-order valence-corrected chi connectivity index (χ2v) is 5.76. The molecule has 1 saturated carbocycles. The first-order valence-corrected chi connectivity index (χ1v) is 6.42. The van der Waals surface area contributed by atoms with Crippen molar-refractivity contribution in [2.75, 3.05) is 6.54 Å². The number of nitrogens with zero attached hydrogens (tertiary/aromatic N) is 1. The van der Waals surface area contributed by atoms with Crippen molar-refractivity contribution in [3.05, 3.63) is 0 Å². The van der Waals surface area contributed by atoms with Crippen molar-refractivity contribution >= 4 is 0 Å². The van der Waals surface area contributed by atoms with Crippen LogP contribution in [0, 0.1) is 5.92 Å². The molecule has 82 valence electrons. The van der Waals surface area contributed by atoms with E-state index in [0.29, 0.717) is 5.54 Å². The minimum Gasteiger partial charge on any atom is -0.295 e. The Morgan fingerprint density at radius 3 is 2.36 bits per heavy atom. The molecule has 1 heteroatoms. The molecule has 0 aromatic carbocycles. The molecule has 0 aromatic rings. The molecule has 0 radical (unpaired) electrons. The van der Waals surface area contributed by atoms with Crippen LogP contribution in [-0.2, 0) is 0 Å². The Kier molecular flexibility index (Phi) is 2.88. The summed E-state index contributed by atoms with van der Waals surface area (Å²) >= 11 is 0. The van der Waals surface area contributed by atoms with Crippen LogP contribution in [0.4, 0.5) is 0 Å². The minimum absolute atomic E-state index is 0.441. The molecule has 0 N–H and O–H groups in total. The van der Waals surface area contributed by atoms with E-state index in [1.54, 1.807) is 0 Å². The highest BCUT2D eigenvalue weighted by Crippen LogP contribution is 2.40. The van der Waals surface area contributed by atoms with Gasteiger partial charge in [-0.3, -0.25) is 4.90 Å². The van der Waals surface area contributed by atoms with Gasteiger partial charge in [-0.1, -0.05) is 13.3 Å². The lowest BCUT2D eigenvalue weighted by atomic mass is 9.77. The van der Waals surface area contributed by atoms with Crippen LogP contribution in [0.25, 0.3) is 0 Å². The normalized spacial score (nSPS) is 30.6. The topological polar surface area (TPSA) is 3.24 Å². The zero-order valence-corrected chi connectivity index (χ0v) is 10.1. The summed E-state index contributed by atoms with van der Waals surface area (Å²) in [6.07, 6.45) is 8.68. The van der Waals surface area contributed by atoms with Crippen LogP contribution in [0.3, 0.4) is 0 Å². The van der Waals surface area contributed by atoms with Gasteiger partial charge in [0, 0.05) is 11.6 Å². The van der Waals surface area contributed by atoms with Crippen molar-refractivity contribution in [3.63, 3.8) is 0 Å². The second-order valence-electron chi connectivity index (χ2n) is 5.76. The van der Waals surface area contributed by atoms with Gasteiger partial charge in [-0.25, -0.2) is 0 Å². The molecule has 1 aliphatic heterocycles. The first-order chi connectivity index (χ1) is 6.65. The summed E-state index contributed by atoms with van der Waals surface area (Å²) in [6, 6.07) is 0.929. The third-order valence-corrected chi connectivity index (χ3v) is 4.64. The van der Waals surface area contributed by atoms with E-state index in [9.17, 15) is 0 Å². The summed E-state index contributed by atoms with van der Waals surface area (Å²) in [5, 5.41) is 0. The summed E-state index contributed by atoms with van der Waals surface area (Å²) < 4.78 is 0. The van der Waals surface area contributed by atoms with E-state index in [2.05, 4.69) is 25.7 Å². The molecular formula is C13H25N. The molecule has 1 heterocycles. The molecular weight excluding hydrogens is 170 g/mol. The highest BCUT2D eigenvalue weighted by molar-refractivity contribution is 4.95. The van der Waals surface area contributed by atoms with Crippen molar-refractivity contribution in [1.82, 2.24) is 4.90 Å². The zero-order valence-electron chi connectivity index (χ0n) is 10.1. The van der Waals surface area contributed by atoms with Gasteiger partial charge in [0.1, 0.15) is 0 Å². The van der Waals surface area contributed by atoms with Crippen LogP contribution in [-0.4, -0.2) is 23.0 Å². The fraction of sp³-hybridized carbons (Fsp3) is 1.00. The molecule has 0 amide bonds. The molecule has 0 aromatic heterocycles. The Morgan fingerprint density at radius 2 is 1.86 bits per heavy atom. The largest absolute Gasteiger partial charge is 0.295 e. The van der Waals surface area contributed by atoms with Gasteiger partial charge in [-0.15, -0.1) is 0 Å². The Hall–Kier alpha value is -0.0400. The Balaban J connectivity index is 2.02. The number of likely N-dealkylation sites (tertiary alicyclic amines) is 1. The molecule has 1 atom stereocenters. The predicted molar refractivity (Wildman–Crippen MR) is 61.4 cm³/mol. The van der Waals surface area contributed by atoms with Gasteiger partial charge in [-0.2, -0.15) is 0 Å². The number of hydrogen-bond acceptors (Lipinski definition) is 1. The van der Waals surface area contributed by atoms with Crippen LogP contribution in [0.15, 0.2) is 0 Å². The smallest absolute Gasteiger partial charge is 0.0153 e. The first kappa shape index (κ1) is 10.5. The quantitative estimate of drug-likeness (QED) is 0.667. The minimum atomic E-state index is 0.441. The monoisotopic (exact) mass is 195 g/mol. The van der Waals surface area contributed by atoms with Crippen molar-refractivity contribution in [2.45, 2.75) is 70.9 Å². The summed E-state index contributed by atoms with van der Waals surface area (Å²) in [6.45, 7) is 8.52. The molecule has 14 heavy (non-hydrogen) atoms. The summed E-state index contributed by atoms with van der Waals surface area (Å²) in [4.78, 5) is 2.80. The molecule has 2 rings (SSSR count). The van der Waals surface area contributed by atoms with Gasteiger partial charge in [0.15, 0.2) is 0 Å². The molecule has 1 saturated heterocycles. The van der Waals surface area contributed by atoms with Gasteiger partial charge >= 0.3 is 0 Å². The van der Waals surface area contributed by atoms with Crippen LogP contribution < -0.4 is 0 Å². The van der Waals surface area contributed by atoms with Gasteiger partial charge in [0.25, 0.3) is 0 Å². The average molecular weight is 195 g/mol. The van der Waals surface area contributed by atoms with Crippen molar-refractivity contribution in [1.29, 1.82) is 0 Å². The van der Waals surface area contributed by atoms with Crippen molar-refractivity contribution in [2.24, 2.45) is 5.92 Å². The lowest BCUT2D eigenvalue weighted by Crippen LogP contribution is -2.50. The SMILES string of the molecule is CCC(C)(C)N1CCCC1C1CCC1. The third kappa shape index (κ3) is 1.71. The Labute approximate surface area is 88.9 Å². The van der Waals surface area contributed by atoms with E-state index >= 15 is 0 Å². The highest BCUT2D eigenvalue weighted by Gasteiger charge is 2.40. The molecule has 1 unspecified atom stereocenters. The van der Waals surface area contributed by atoms with E-state index in [4.69, 9.17) is 0 Å². The second kappa shape index (κ2) is 3.84. The summed E-state index contributed by atoms with van der Waals surface area (Å²) in [5.41, 5.74) is 0.441. The fourth-order valence-electron chi connectivity index (χ4n) is 3.06. The fourth-order valence-corrected chi connectivity index (χ4v) is 3.06. The molecule has 0 bridgehead atoms. The lowest BCUT2D eigenvalue weighted by molar-refractivity contribution is 0.0454. The van der Waals surface area contributed by atoms with E-state index in [0.717, 1.165) is 12.0 Å². The van der Waals surface area contributed by atoms with E-state index in [-0.39, 0.29) is 0 Å². The van der Waals surface area contributed by atoms with Gasteiger partial charge < -0.3 is 0 Å². The molecule has 1 aliphatic carbocycles. The van der Waals surface area contributed by atoms with Crippen LogP contribution in [0.1, 0.15) is 59.3 Å². The lowest BCUT2D eigenvalue weighted by Gasteiger charge is -2.45. The maximum Gasteiger partial charge on any atom is 0.0153 e. The zero-order chi connectivity index (χ0) is 10.2. The maximum absolute atomic E-state index is 2.80. The first-order valence-electron chi connectivity index (χ1n) is 6.42. The predicted octanol–water partition coefficient (Wildman–Crippen LogP) is 3.44. The summed E-state index contributed by atoms with van der Waals surface area (Å²) in [7, 11) is 0. The molecule has 2 fully saturated rings. The van der Waals surface area contributed by atoms with Crippen molar-refractivity contribution < 1.29 is 0 Å². The molecule has 2 aliphatic rings. The van der Waals surface area contributed by atoms with Crippen LogP contribution in [0.2, 0.25) is 0 Å². The van der Waals surface area contributed by atoms with Crippen LogP contribution in [0.5, 0.6) is 0 Å². The van der Waals surface area contributed by atoms with E-state index in [1.165, 1.54) is 45.1 Å². The number of hydrogen-bond donors (Lipinski definition) is 0. The van der Waals surface area contributed by atoms with E-state index < -0.39 is 0 Å². The van der Waals surface area contributed by atoms with Gasteiger partial charge in [-0.05, 0) is 58.4 Å².